The average Bonchev–Trinajstić information content (AvgIpc) is 2.38. The Kier molecular flexibility index (Phi) is 5.00. The Hall–Kier alpha value is -2.19. The molecule has 0 atom stereocenters. The summed E-state index contributed by atoms with van der Waals surface area (Å²) in [6, 6.07) is 5.20. The van der Waals surface area contributed by atoms with Crippen molar-refractivity contribution in [2.75, 3.05) is 6.54 Å². The highest BCUT2D eigenvalue weighted by Gasteiger charge is 2.48. The number of nitro benzene ring substituents is 1. The van der Waals surface area contributed by atoms with E-state index in [0.717, 1.165) is 0 Å². The summed E-state index contributed by atoms with van der Waals surface area (Å²) in [4.78, 5) is 20.6. The molecule has 0 spiro atoms. The highest BCUT2D eigenvalue weighted by Crippen LogP contribution is 2.22. The van der Waals surface area contributed by atoms with Gasteiger partial charge in [-0.1, -0.05) is 12.1 Å². The Bertz CT molecular complexity index is 491. The van der Waals surface area contributed by atoms with E-state index in [9.17, 15) is 32.5 Å². The summed E-state index contributed by atoms with van der Waals surface area (Å²) >= 11 is 0. The van der Waals surface area contributed by atoms with Crippen LogP contribution in [-0.2, 0) is 11.2 Å². The third kappa shape index (κ3) is 3.90. The molecule has 0 saturated heterocycles. The summed E-state index contributed by atoms with van der Waals surface area (Å²) in [7, 11) is 0. The summed E-state index contributed by atoms with van der Waals surface area (Å²) < 4.78 is 48.9. The molecule has 1 rings (SSSR count). The highest BCUT2D eigenvalue weighted by molar-refractivity contribution is 5.83. The summed E-state index contributed by atoms with van der Waals surface area (Å²) in [6.45, 7) is -0.279. The second-order valence-corrected chi connectivity index (χ2v) is 3.85. The number of hydrogen-bond donors (Lipinski definition) is 1. The van der Waals surface area contributed by atoms with E-state index in [2.05, 4.69) is 0 Å². The van der Waals surface area contributed by atoms with Crippen LogP contribution in [0.4, 0.5) is 23.2 Å². The number of carbonyl (C=O) groups is 1. The van der Waals surface area contributed by atoms with Crippen molar-refractivity contribution < 1.29 is 27.3 Å². The Balaban J connectivity index is 2.49. The van der Waals surface area contributed by atoms with Gasteiger partial charge in [-0.3, -0.25) is 14.9 Å². The first kappa shape index (κ1) is 15.9. The summed E-state index contributed by atoms with van der Waals surface area (Å²) in [5.41, 5.74) is 0.401. The number of halogens is 4. The second kappa shape index (κ2) is 6.31. The van der Waals surface area contributed by atoms with Gasteiger partial charge in [0, 0.05) is 18.7 Å². The molecule has 9 heteroatoms. The van der Waals surface area contributed by atoms with Crippen LogP contribution in [0.25, 0.3) is 0 Å². The van der Waals surface area contributed by atoms with E-state index in [0.29, 0.717) is 5.56 Å². The monoisotopic (exact) mass is 294 g/mol. The number of nitrogens with zero attached hydrogens (tertiary/aromatic N) is 1. The van der Waals surface area contributed by atoms with Gasteiger partial charge in [0.25, 0.3) is 11.6 Å². The van der Waals surface area contributed by atoms with Crippen LogP contribution in [0.15, 0.2) is 24.3 Å². The zero-order chi connectivity index (χ0) is 15.3. The number of hydrogen-bond acceptors (Lipinski definition) is 3. The fraction of sp³-hybridized carbons (Fsp3) is 0.364. The van der Waals surface area contributed by atoms with Crippen LogP contribution in [0.1, 0.15) is 5.56 Å². The molecule has 0 aliphatic heterocycles. The number of nitro groups is 1. The Labute approximate surface area is 110 Å². The zero-order valence-corrected chi connectivity index (χ0v) is 9.98. The molecule has 110 valence electrons. The molecular formula is C11H10F4N2O3. The SMILES string of the molecule is O=C(NCCc1ccc([N+](=O)[O-])cc1)C(F)(F)C(F)F. The molecule has 0 saturated carbocycles. The van der Waals surface area contributed by atoms with Crippen LogP contribution in [0.3, 0.4) is 0 Å². The number of non-ortho nitro benzene ring substituents is 1. The number of alkyl halides is 4. The molecule has 1 aromatic carbocycles. The topological polar surface area (TPSA) is 72.2 Å². The molecule has 5 nitrogen and oxygen atoms in total. The Morgan fingerprint density at radius 1 is 1.30 bits per heavy atom. The van der Waals surface area contributed by atoms with Crippen molar-refractivity contribution >= 4 is 11.6 Å². The smallest absolute Gasteiger partial charge is 0.350 e. The maximum atomic E-state index is 12.6. The molecule has 1 N–H and O–H groups in total. The molecule has 0 unspecified atom stereocenters. The van der Waals surface area contributed by atoms with Crippen molar-refractivity contribution in [2.45, 2.75) is 18.8 Å². The third-order valence-electron chi connectivity index (χ3n) is 2.42. The first-order valence-corrected chi connectivity index (χ1v) is 5.42. The van der Waals surface area contributed by atoms with E-state index in [1.807, 2.05) is 0 Å². The van der Waals surface area contributed by atoms with Gasteiger partial charge >= 0.3 is 12.3 Å². The first-order chi connectivity index (χ1) is 9.25. The maximum absolute atomic E-state index is 12.6. The van der Waals surface area contributed by atoms with E-state index in [4.69, 9.17) is 0 Å². The van der Waals surface area contributed by atoms with Gasteiger partial charge in [-0.2, -0.15) is 8.78 Å². The molecule has 0 bridgehead atoms. The minimum atomic E-state index is -4.73. The molecule has 1 aromatic rings. The van der Waals surface area contributed by atoms with E-state index < -0.39 is 23.2 Å². The molecule has 0 fully saturated rings. The predicted octanol–water partition coefficient (Wildman–Crippen LogP) is 2.15. The van der Waals surface area contributed by atoms with Crippen molar-refractivity contribution in [1.82, 2.24) is 5.32 Å². The lowest BCUT2D eigenvalue weighted by molar-refractivity contribution is -0.384. The number of rotatable bonds is 6. The second-order valence-electron chi connectivity index (χ2n) is 3.85. The molecule has 0 aromatic heterocycles. The van der Waals surface area contributed by atoms with Crippen LogP contribution in [0.5, 0.6) is 0 Å². The van der Waals surface area contributed by atoms with Crippen molar-refractivity contribution in [1.29, 1.82) is 0 Å². The van der Waals surface area contributed by atoms with Gasteiger partial charge in [0.1, 0.15) is 0 Å². The van der Waals surface area contributed by atoms with Gasteiger partial charge in [0.2, 0.25) is 0 Å². The van der Waals surface area contributed by atoms with E-state index in [1.54, 1.807) is 5.32 Å². The van der Waals surface area contributed by atoms with Gasteiger partial charge in [0.15, 0.2) is 0 Å². The van der Waals surface area contributed by atoms with Crippen LogP contribution in [0.2, 0.25) is 0 Å². The van der Waals surface area contributed by atoms with Crippen molar-refractivity contribution in [3.63, 3.8) is 0 Å². The fourth-order valence-electron chi connectivity index (χ4n) is 1.32. The normalized spacial score (nSPS) is 11.4. The highest BCUT2D eigenvalue weighted by atomic mass is 19.3. The first-order valence-electron chi connectivity index (χ1n) is 5.42. The number of amides is 1. The molecule has 0 aliphatic rings. The number of benzene rings is 1. The molecule has 20 heavy (non-hydrogen) atoms. The van der Waals surface area contributed by atoms with Crippen molar-refractivity contribution in [2.24, 2.45) is 0 Å². The number of carbonyl (C=O) groups excluding carboxylic acids is 1. The van der Waals surface area contributed by atoms with Gasteiger partial charge in [-0.15, -0.1) is 0 Å². The number of nitrogens with one attached hydrogen (secondary N) is 1. The predicted molar refractivity (Wildman–Crippen MR) is 60.8 cm³/mol. The van der Waals surface area contributed by atoms with E-state index >= 15 is 0 Å². The lowest BCUT2D eigenvalue weighted by Crippen LogP contribution is -2.45. The van der Waals surface area contributed by atoms with Gasteiger partial charge < -0.3 is 5.32 Å². The maximum Gasteiger partial charge on any atom is 0.383 e. The minimum absolute atomic E-state index is 0.0864. The lowest BCUT2D eigenvalue weighted by atomic mass is 10.1. The summed E-state index contributed by atoms with van der Waals surface area (Å²) in [5, 5.41) is 12.1. The average molecular weight is 294 g/mol. The van der Waals surface area contributed by atoms with Crippen LogP contribution < -0.4 is 5.32 Å². The summed E-state index contributed by atoms with van der Waals surface area (Å²) in [6.07, 6.45) is -3.98. The quantitative estimate of drug-likeness (QED) is 0.496. The van der Waals surface area contributed by atoms with Crippen LogP contribution in [0, 0.1) is 10.1 Å². The van der Waals surface area contributed by atoms with Gasteiger partial charge in [-0.25, -0.2) is 8.78 Å². The van der Waals surface area contributed by atoms with Crippen molar-refractivity contribution in [3.05, 3.63) is 39.9 Å². The van der Waals surface area contributed by atoms with Gasteiger partial charge in [-0.05, 0) is 12.0 Å². The lowest BCUT2D eigenvalue weighted by Gasteiger charge is -2.14. The standard InChI is InChI=1S/C11H10F4N2O3/c12-9(13)11(14,15)10(18)16-6-5-7-1-3-8(4-2-7)17(19)20/h1-4,9H,5-6H2,(H,16,18). The molecular weight excluding hydrogens is 284 g/mol. The molecule has 0 radical (unpaired) electrons. The molecule has 0 aliphatic carbocycles. The third-order valence-corrected chi connectivity index (χ3v) is 2.42. The Morgan fingerprint density at radius 3 is 2.30 bits per heavy atom. The molecule has 0 heterocycles. The fourth-order valence-corrected chi connectivity index (χ4v) is 1.32. The van der Waals surface area contributed by atoms with Crippen LogP contribution >= 0.6 is 0 Å². The van der Waals surface area contributed by atoms with E-state index in [1.165, 1.54) is 24.3 Å². The van der Waals surface area contributed by atoms with E-state index in [-0.39, 0.29) is 18.7 Å². The van der Waals surface area contributed by atoms with Gasteiger partial charge in [0.05, 0.1) is 4.92 Å². The largest absolute Gasteiger partial charge is 0.383 e. The van der Waals surface area contributed by atoms with Crippen molar-refractivity contribution in [3.8, 4) is 0 Å². The summed E-state index contributed by atoms with van der Waals surface area (Å²) in [5.74, 6) is -6.77. The molecule has 1 amide bonds. The van der Waals surface area contributed by atoms with Crippen LogP contribution in [-0.4, -0.2) is 29.7 Å². The minimum Gasteiger partial charge on any atom is -0.350 e. The Morgan fingerprint density at radius 2 is 1.85 bits per heavy atom. The zero-order valence-electron chi connectivity index (χ0n) is 9.98.